The van der Waals surface area contributed by atoms with E-state index in [4.69, 9.17) is 0 Å². The normalized spacial score (nSPS) is 12.4. The van der Waals surface area contributed by atoms with E-state index in [9.17, 15) is 4.79 Å². The van der Waals surface area contributed by atoms with E-state index in [-0.39, 0.29) is 11.9 Å². The quantitative estimate of drug-likeness (QED) is 0.885. The van der Waals surface area contributed by atoms with Crippen molar-refractivity contribution in [3.8, 4) is 0 Å². The largest absolute Gasteiger partial charge is 0.348 e. The molecule has 0 unspecified atom stereocenters. The molecule has 0 spiro atoms. The second kappa shape index (κ2) is 5.30. The van der Waals surface area contributed by atoms with E-state index in [0.29, 0.717) is 12.1 Å². The van der Waals surface area contributed by atoms with Crippen LogP contribution in [0.3, 0.4) is 0 Å². The number of nitrogens with one attached hydrogen (secondary N) is 2. The third-order valence-electron chi connectivity index (χ3n) is 2.50. The molecule has 18 heavy (non-hydrogen) atoms. The van der Waals surface area contributed by atoms with Crippen LogP contribution in [0.1, 0.15) is 33.8 Å². The van der Waals surface area contributed by atoms with E-state index in [1.165, 1.54) is 11.3 Å². The molecule has 2 aromatic heterocycles. The highest BCUT2D eigenvalue weighted by atomic mass is 32.1. The number of aromatic amines is 1. The van der Waals surface area contributed by atoms with E-state index < -0.39 is 0 Å². The number of thiazole rings is 1. The van der Waals surface area contributed by atoms with Gasteiger partial charge in [0.15, 0.2) is 0 Å². The molecule has 0 aliphatic carbocycles. The van der Waals surface area contributed by atoms with Gasteiger partial charge in [0.1, 0.15) is 5.69 Å². The summed E-state index contributed by atoms with van der Waals surface area (Å²) in [4.78, 5) is 16.0. The van der Waals surface area contributed by atoms with Crippen molar-refractivity contribution in [3.63, 3.8) is 0 Å². The highest BCUT2D eigenvalue weighted by molar-refractivity contribution is 7.09. The molecule has 0 saturated heterocycles. The zero-order valence-electron chi connectivity index (χ0n) is 10.7. The van der Waals surface area contributed by atoms with Crippen LogP contribution in [0.25, 0.3) is 0 Å². The lowest BCUT2D eigenvalue weighted by molar-refractivity contribution is 0.0935. The Kier molecular flexibility index (Phi) is 3.76. The lowest BCUT2D eigenvalue weighted by Crippen LogP contribution is -2.34. The minimum Gasteiger partial charge on any atom is -0.348 e. The van der Waals surface area contributed by atoms with Gasteiger partial charge < -0.3 is 5.32 Å². The summed E-state index contributed by atoms with van der Waals surface area (Å²) in [5.41, 5.74) is 2.47. The van der Waals surface area contributed by atoms with Crippen molar-refractivity contribution in [2.75, 3.05) is 0 Å². The Bertz CT molecular complexity index is 546. The van der Waals surface area contributed by atoms with Crippen molar-refractivity contribution in [1.29, 1.82) is 0 Å². The van der Waals surface area contributed by atoms with Gasteiger partial charge in [-0.3, -0.25) is 9.89 Å². The van der Waals surface area contributed by atoms with Gasteiger partial charge in [0.25, 0.3) is 5.91 Å². The van der Waals surface area contributed by atoms with Crippen LogP contribution in [0.5, 0.6) is 0 Å². The molecule has 0 radical (unpaired) electrons. The van der Waals surface area contributed by atoms with Crippen LogP contribution in [0, 0.1) is 13.8 Å². The molecule has 0 aliphatic heterocycles. The Morgan fingerprint density at radius 3 is 2.89 bits per heavy atom. The molecule has 0 aromatic carbocycles. The minimum atomic E-state index is -0.126. The molecule has 96 valence electrons. The lowest BCUT2D eigenvalue weighted by atomic mass is 10.1. The van der Waals surface area contributed by atoms with Gasteiger partial charge in [-0.25, -0.2) is 4.98 Å². The molecule has 0 bridgehead atoms. The summed E-state index contributed by atoms with van der Waals surface area (Å²) in [6.07, 6.45) is 0.708. The molecule has 1 amide bonds. The molecule has 0 aliphatic rings. The average Bonchev–Trinajstić information content (AvgIpc) is 2.87. The van der Waals surface area contributed by atoms with Crippen molar-refractivity contribution in [2.45, 2.75) is 33.2 Å². The Balaban J connectivity index is 1.91. The number of amides is 1. The smallest absolute Gasteiger partial charge is 0.270 e. The van der Waals surface area contributed by atoms with Crippen LogP contribution in [0.4, 0.5) is 0 Å². The van der Waals surface area contributed by atoms with Gasteiger partial charge in [-0.2, -0.15) is 5.10 Å². The van der Waals surface area contributed by atoms with E-state index >= 15 is 0 Å². The number of H-pyrrole nitrogens is 1. The zero-order chi connectivity index (χ0) is 13.1. The molecule has 0 saturated carbocycles. The van der Waals surface area contributed by atoms with Gasteiger partial charge in [0.05, 0.1) is 10.7 Å². The van der Waals surface area contributed by atoms with Gasteiger partial charge in [-0.15, -0.1) is 11.3 Å². The molecule has 6 heteroatoms. The molecule has 2 heterocycles. The highest BCUT2D eigenvalue weighted by Gasteiger charge is 2.13. The first-order valence-corrected chi connectivity index (χ1v) is 6.66. The predicted octanol–water partition coefficient (Wildman–Crippen LogP) is 1.84. The monoisotopic (exact) mass is 264 g/mol. The maximum absolute atomic E-state index is 11.9. The van der Waals surface area contributed by atoms with Crippen LogP contribution >= 0.6 is 11.3 Å². The first kappa shape index (κ1) is 12.8. The Morgan fingerprint density at radius 2 is 2.33 bits per heavy atom. The number of rotatable bonds is 4. The lowest BCUT2D eigenvalue weighted by Gasteiger charge is -2.11. The van der Waals surface area contributed by atoms with Crippen molar-refractivity contribution in [1.82, 2.24) is 20.5 Å². The fraction of sp³-hybridized carbons (Fsp3) is 0.417. The number of carbonyl (C=O) groups is 1. The van der Waals surface area contributed by atoms with Gasteiger partial charge in [-0.05, 0) is 26.8 Å². The van der Waals surface area contributed by atoms with Crippen molar-refractivity contribution < 1.29 is 4.79 Å². The van der Waals surface area contributed by atoms with Crippen LogP contribution in [-0.2, 0) is 6.42 Å². The summed E-state index contributed by atoms with van der Waals surface area (Å²) in [6, 6.07) is 2.01. The fourth-order valence-electron chi connectivity index (χ4n) is 1.71. The molecular weight excluding hydrogens is 248 g/mol. The number of carbonyl (C=O) groups excluding carboxylic acids is 1. The molecule has 2 N–H and O–H groups in total. The van der Waals surface area contributed by atoms with Crippen LogP contribution in [0.15, 0.2) is 11.4 Å². The first-order valence-electron chi connectivity index (χ1n) is 5.78. The standard InChI is InChI=1S/C12H16N4OS/c1-7(4-10-5-8(2)15-16-10)13-12(17)11-6-18-9(3)14-11/h5-7H,4H2,1-3H3,(H,13,17)(H,15,16)/t7-/m1/s1. The topological polar surface area (TPSA) is 70.7 Å². The average molecular weight is 264 g/mol. The second-order valence-electron chi connectivity index (χ2n) is 4.37. The van der Waals surface area contributed by atoms with Gasteiger partial charge in [0, 0.05) is 23.5 Å². The van der Waals surface area contributed by atoms with E-state index in [1.807, 2.05) is 26.8 Å². The Morgan fingerprint density at radius 1 is 1.56 bits per heavy atom. The summed E-state index contributed by atoms with van der Waals surface area (Å²) in [6.45, 7) is 5.80. The maximum Gasteiger partial charge on any atom is 0.270 e. The van der Waals surface area contributed by atoms with Crippen molar-refractivity contribution in [2.24, 2.45) is 0 Å². The summed E-state index contributed by atoms with van der Waals surface area (Å²) < 4.78 is 0. The number of nitrogens with zero attached hydrogens (tertiary/aromatic N) is 2. The van der Waals surface area contributed by atoms with Gasteiger partial charge in [0.2, 0.25) is 0 Å². The second-order valence-corrected chi connectivity index (χ2v) is 5.43. The number of hydrogen-bond donors (Lipinski definition) is 2. The Labute approximate surface area is 110 Å². The van der Waals surface area contributed by atoms with Crippen LogP contribution in [0.2, 0.25) is 0 Å². The van der Waals surface area contributed by atoms with Crippen molar-refractivity contribution >= 4 is 17.2 Å². The highest BCUT2D eigenvalue weighted by Crippen LogP contribution is 2.08. The summed E-state index contributed by atoms with van der Waals surface area (Å²) >= 11 is 1.48. The maximum atomic E-state index is 11.9. The number of aromatic nitrogens is 3. The molecule has 1 atom stereocenters. The zero-order valence-corrected chi connectivity index (χ0v) is 11.5. The number of aryl methyl sites for hydroxylation is 2. The predicted molar refractivity (Wildman–Crippen MR) is 70.8 cm³/mol. The van der Waals surface area contributed by atoms with Gasteiger partial charge in [-0.1, -0.05) is 0 Å². The van der Waals surface area contributed by atoms with E-state index in [1.54, 1.807) is 5.38 Å². The summed E-state index contributed by atoms with van der Waals surface area (Å²) in [5.74, 6) is -0.126. The summed E-state index contributed by atoms with van der Waals surface area (Å²) in [5, 5.41) is 12.6. The third-order valence-corrected chi connectivity index (χ3v) is 3.28. The van der Waals surface area contributed by atoms with Crippen molar-refractivity contribution in [3.05, 3.63) is 33.5 Å². The van der Waals surface area contributed by atoms with E-state index in [2.05, 4.69) is 20.5 Å². The molecule has 5 nitrogen and oxygen atoms in total. The first-order chi connectivity index (χ1) is 8.54. The minimum absolute atomic E-state index is 0.0298. The fourth-order valence-corrected chi connectivity index (χ4v) is 2.30. The molecule has 0 fully saturated rings. The van der Waals surface area contributed by atoms with E-state index in [0.717, 1.165) is 16.4 Å². The third kappa shape index (κ3) is 3.16. The van der Waals surface area contributed by atoms with Gasteiger partial charge >= 0.3 is 0 Å². The Hall–Kier alpha value is -1.69. The molecule has 2 aromatic rings. The SMILES string of the molecule is Cc1cc(C[C@@H](C)NC(=O)c2csc(C)n2)n[nH]1. The van der Waals surface area contributed by atoms with Crippen LogP contribution in [-0.4, -0.2) is 27.1 Å². The van der Waals surface area contributed by atoms with Crippen LogP contribution < -0.4 is 5.32 Å². The molecule has 2 rings (SSSR count). The number of hydrogen-bond acceptors (Lipinski definition) is 4. The summed E-state index contributed by atoms with van der Waals surface area (Å²) in [7, 11) is 0. The molecular formula is C12H16N4OS.